The molecular weight excluding hydrogens is 1350 g/mol. The monoisotopic (exact) mass is 1520 g/mol. The summed E-state index contributed by atoms with van der Waals surface area (Å²) in [5.41, 5.74) is 10.4. The predicted molar refractivity (Wildman–Crippen MR) is 482 cm³/mol. The van der Waals surface area contributed by atoms with Crippen molar-refractivity contribution in [2.75, 3.05) is 117 Å². The summed E-state index contributed by atoms with van der Waals surface area (Å²) in [5.74, 6) is 7.52. The Kier molecular flexibility index (Phi) is 39.0. The smallest absolute Gasteiger partial charge is 0.0718 e. The molecule has 0 radical (unpaired) electrons. The number of allylic oxidation sites excluding steroid dienone is 1. The van der Waals surface area contributed by atoms with Crippen molar-refractivity contribution in [3.05, 3.63) is 83.2 Å². The largest absolute Gasteiger partial charge is 0.384 e. The number of fused-ring (bicyclic) bond motifs is 7. The van der Waals surface area contributed by atoms with Crippen LogP contribution in [0, 0.1) is 41.4 Å². The zero-order valence-corrected chi connectivity index (χ0v) is 77.3. The second-order valence-electron chi connectivity index (χ2n) is 42.6. The van der Waals surface area contributed by atoms with Gasteiger partial charge in [-0.2, -0.15) is 0 Å². The van der Waals surface area contributed by atoms with Crippen LogP contribution in [-0.2, 0) is 16.6 Å². The van der Waals surface area contributed by atoms with Crippen LogP contribution in [0.3, 0.4) is 0 Å². The summed E-state index contributed by atoms with van der Waals surface area (Å²) in [5, 5.41) is 8.00. The number of nitrogens with one attached hydrogen (secondary N) is 2. The molecule has 4 bridgehead atoms. The van der Waals surface area contributed by atoms with Gasteiger partial charge in [-0.3, -0.25) is 34.5 Å². The molecular formula is C98H177N11O. The minimum absolute atomic E-state index is 0.275. The van der Waals surface area contributed by atoms with Gasteiger partial charge in [0.2, 0.25) is 0 Å². The third-order valence-electron chi connectivity index (χ3n) is 25.8. The number of aliphatic imine (C=N–C) groups is 1. The molecule has 3 aliphatic carbocycles. The lowest BCUT2D eigenvalue weighted by Gasteiger charge is -2.42. The fourth-order valence-electron chi connectivity index (χ4n) is 17.7. The molecule has 11 fully saturated rings. The van der Waals surface area contributed by atoms with Crippen LogP contribution < -0.4 is 10.6 Å². The number of anilines is 1. The van der Waals surface area contributed by atoms with Gasteiger partial charge in [-0.1, -0.05) is 125 Å². The summed E-state index contributed by atoms with van der Waals surface area (Å²) < 4.78 is 5.54. The summed E-state index contributed by atoms with van der Waals surface area (Å²) in [4.78, 5) is 26.3. The van der Waals surface area contributed by atoms with Gasteiger partial charge in [0.05, 0.1) is 18.2 Å². The second kappa shape index (κ2) is 44.9. The van der Waals surface area contributed by atoms with Crippen LogP contribution in [0.5, 0.6) is 0 Å². The number of hydrogen-bond donors (Lipinski definition) is 2. The van der Waals surface area contributed by atoms with Crippen molar-refractivity contribution in [3.8, 4) is 0 Å². The van der Waals surface area contributed by atoms with Crippen LogP contribution in [-0.4, -0.2) is 209 Å². The fraction of sp³-hybridized carbons (Fsp3) is 0.816. The van der Waals surface area contributed by atoms with E-state index in [1.807, 2.05) is 24.7 Å². The highest BCUT2D eigenvalue weighted by atomic mass is 16.5. The van der Waals surface area contributed by atoms with Gasteiger partial charge < -0.3 is 25.2 Å². The van der Waals surface area contributed by atoms with E-state index in [9.17, 15) is 0 Å². The van der Waals surface area contributed by atoms with Crippen LogP contribution in [0.2, 0.25) is 0 Å². The molecule has 0 amide bonds. The van der Waals surface area contributed by atoms with E-state index in [0.29, 0.717) is 51.7 Å². The number of pyridine rings is 1. The molecule has 1 aromatic heterocycles. The third kappa shape index (κ3) is 33.4. The standard InChI is InChI=1S/C12H17N.C12H13N.C11H21N.C9H17NO.C9H19N.C8H18N2.C8H15N.C8H16.C7H15N.C7H11N.C7H15N/c1-12(2,3)10-4-5-11-9(8-10)6-7-13-11;1-9(2)10-5-3-7-12-11(10)6-4-8-13-12;1-11(2,3)12-7-9-4-5-10(6-9)8-12;1-9(2,3)10-5-8-4-7(10)6-11-8;1-9(2,3)10-7-5-4-6-8-10;1-8(2,3)10-6-4-9-5-7-10;1-6(2)9-4-7-3-8(7)5-9;1-7(2)8-5-3-4-6-8;1-7(2,3)8-5-4-6-8;1-6(2)7-3-4-8-5-7;1-7(2)8-5-3-4-6-8/h4-5,8,13H,6-7H2,1-3H3;3-9H,1-2H3;9-10H,4-8H2,1-3H3;7-8H,4-6H2,1-3H3;4-8H2,1-3H3;9H,4-7H2,1-3H3;6-8H,3-5H2,1-2H3;7-8H,3-6H2,1-2H3;4-6H2,1-3H3;4-6H,3H2,1-2H3;7H,3-6H2,1-2H3. The number of benzene rings is 2. The molecule has 16 rings (SSSR count). The minimum atomic E-state index is 0.275. The average Bonchev–Trinajstić information content (AvgIpc) is 1.63. The van der Waals surface area contributed by atoms with E-state index in [1.54, 1.807) is 0 Å². The molecule has 6 unspecified atom stereocenters. The van der Waals surface area contributed by atoms with E-state index in [1.165, 1.54) is 215 Å². The summed E-state index contributed by atoms with van der Waals surface area (Å²) in [6.07, 6.45) is 30.3. The first kappa shape index (κ1) is 95.5. The van der Waals surface area contributed by atoms with E-state index in [2.05, 4.69) is 291 Å². The summed E-state index contributed by atoms with van der Waals surface area (Å²) >= 11 is 0. The zero-order valence-electron chi connectivity index (χ0n) is 77.3. The Morgan fingerprint density at radius 1 is 0.482 bits per heavy atom. The highest BCUT2D eigenvalue weighted by molar-refractivity contribution is 5.82. The number of hydrogen-bond acceptors (Lipinski definition) is 12. The molecule has 8 saturated heterocycles. The third-order valence-corrected chi connectivity index (χ3v) is 25.8. The quantitative estimate of drug-likeness (QED) is 0.256. The lowest BCUT2D eigenvalue weighted by molar-refractivity contribution is -0.00804. The van der Waals surface area contributed by atoms with Crippen LogP contribution in [0.1, 0.15) is 319 Å². The summed E-state index contributed by atoms with van der Waals surface area (Å²) in [7, 11) is 0. The van der Waals surface area contributed by atoms with Crippen LogP contribution in [0.4, 0.5) is 5.69 Å². The first-order chi connectivity index (χ1) is 51.5. The topological polar surface area (TPSA) is 81.2 Å². The lowest BCUT2D eigenvalue weighted by Crippen LogP contribution is -2.51. The van der Waals surface area contributed by atoms with E-state index < -0.39 is 0 Å². The van der Waals surface area contributed by atoms with Crippen molar-refractivity contribution in [2.24, 2.45) is 46.4 Å². The van der Waals surface area contributed by atoms with Gasteiger partial charge in [0.15, 0.2) is 0 Å². The Morgan fingerprint density at radius 2 is 1.03 bits per heavy atom. The molecule has 6 atom stereocenters. The van der Waals surface area contributed by atoms with Crippen LogP contribution in [0.15, 0.2) is 71.5 Å². The van der Waals surface area contributed by atoms with Gasteiger partial charge in [0.1, 0.15) is 0 Å². The Balaban J connectivity index is 0.000000190. The number of piperazine rings is 1. The molecule has 2 N–H and O–H groups in total. The van der Waals surface area contributed by atoms with Crippen molar-refractivity contribution < 1.29 is 4.74 Å². The first-order valence-electron chi connectivity index (χ1n) is 45.5. The number of likely N-dealkylation sites (tertiary alicyclic amines) is 6. The highest BCUT2D eigenvalue weighted by Crippen LogP contribution is 2.45. The number of rotatable bonds is 5. The number of ether oxygens (including phenoxy) is 1. The average molecular weight is 1530 g/mol. The van der Waals surface area contributed by atoms with Gasteiger partial charge in [-0.05, 0) is 335 Å². The molecule has 3 saturated carbocycles. The van der Waals surface area contributed by atoms with Gasteiger partial charge in [-0.15, -0.1) is 0 Å². The fourth-order valence-corrected chi connectivity index (χ4v) is 17.7. The van der Waals surface area contributed by atoms with E-state index in [0.717, 1.165) is 92.3 Å². The Labute approximate surface area is 680 Å². The van der Waals surface area contributed by atoms with E-state index in [-0.39, 0.29) is 5.41 Å². The molecule has 0 spiro atoms. The Morgan fingerprint density at radius 3 is 1.41 bits per heavy atom. The van der Waals surface area contributed by atoms with Gasteiger partial charge in [-0.25, -0.2) is 0 Å². The highest BCUT2D eigenvalue weighted by Gasteiger charge is 2.46. The maximum absolute atomic E-state index is 5.54. The molecule has 110 heavy (non-hydrogen) atoms. The molecule has 3 aromatic rings. The van der Waals surface area contributed by atoms with Crippen molar-refractivity contribution >= 4 is 22.8 Å². The van der Waals surface area contributed by atoms with Gasteiger partial charge in [0.25, 0.3) is 0 Å². The van der Waals surface area contributed by atoms with Crippen LogP contribution >= 0.6 is 0 Å². The molecule has 10 aliphatic heterocycles. The molecule has 11 heterocycles. The number of aromatic nitrogens is 1. The molecule has 13 aliphatic rings. The summed E-state index contributed by atoms with van der Waals surface area (Å²) in [6.45, 7) is 85.2. The SMILES string of the molecule is CC(C)(C)N1CC2CC1CO2.CC(C)(C)N1CC2CCC(C2)C1.CC(C)(C)N1CCC1.CC(C)(C)N1CCCCC1.CC(C)(C)N1CCNCC1.CC(C)(C)c1ccc2c(c1)CCN2.CC(C)C1=CN=CC1.CC(C)C1CCCC1.CC(C)N1CC2CC2C1.CC(C)N1CCCC1.CC(C)c1cccc2ncccc12. The van der Waals surface area contributed by atoms with E-state index in [4.69, 9.17) is 4.74 Å². The first-order valence-corrected chi connectivity index (χ1v) is 45.5. The number of nitrogens with zero attached hydrogens (tertiary/aromatic N) is 9. The maximum Gasteiger partial charge on any atom is 0.0718 e. The van der Waals surface area contributed by atoms with Gasteiger partial charge in [0, 0.05) is 147 Å². The number of piperidine rings is 3. The molecule has 12 heteroatoms. The Hall–Kier alpha value is -3.30. The van der Waals surface area contributed by atoms with Crippen molar-refractivity contribution in [3.63, 3.8) is 0 Å². The molecule has 12 nitrogen and oxygen atoms in total. The minimum Gasteiger partial charge on any atom is -0.384 e. The van der Waals surface area contributed by atoms with Crippen LogP contribution in [0.25, 0.3) is 10.9 Å². The zero-order chi connectivity index (χ0) is 81.4. The normalized spacial score (nSPS) is 24.9. The molecule has 2 aromatic carbocycles. The maximum atomic E-state index is 5.54. The predicted octanol–water partition coefficient (Wildman–Crippen LogP) is 22.2. The lowest BCUT2D eigenvalue weighted by atomic mass is 9.86. The second-order valence-corrected chi connectivity index (χ2v) is 42.6. The van der Waals surface area contributed by atoms with Gasteiger partial charge >= 0.3 is 0 Å². The van der Waals surface area contributed by atoms with Crippen molar-refractivity contribution in [1.29, 1.82) is 0 Å². The number of morpholine rings is 1. The van der Waals surface area contributed by atoms with Crippen molar-refractivity contribution in [1.82, 2.24) is 44.6 Å². The molecule has 630 valence electrons. The van der Waals surface area contributed by atoms with Crippen molar-refractivity contribution in [2.45, 2.75) is 366 Å². The summed E-state index contributed by atoms with van der Waals surface area (Å²) in [6, 6.07) is 19.5. The Bertz CT molecular complexity index is 3000. The van der Waals surface area contributed by atoms with E-state index >= 15 is 0 Å².